The van der Waals surface area contributed by atoms with Crippen molar-refractivity contribution < 1.29 is 14.3 Å². The van der Waals surface area contributed by atoms with Crippen LogP contribution in [-0.2, 0) is 6.54 Å². The van der Waals surface area contributed by atoms with Crippen molar-refractivity contribution in [3.05, 3.63) is 40.3 Å². The summed E-state index contributed by atoms with van der Waals surface area (Å²) in [7, 11) is 1.77. The van der Waals surface area contributed by atoms with Crippen LogP contribution in [0.4, 0.5) is 0 Å². The van der Waals surface area contributed by atoms with E-state index < -0.39 is 0 Å². The fourth-order valence-corrected chi connectivity index (χ4v) is 2.70. The molecule has 110 valence electrons. The van der Waals surface area contributed by atoms with E-state index in [9.17, 15) is 4.79 Å². The quantitative estimate of drug-likeness (QED) is 0.874. The number of hydrogen-bond donors (Lipinski definition) is 0. The molecule has 0 fully saturated rings. The fourth-order valence-electron chi connectivity index (χ4n) is 2.15. The molecule has 1 aromatic carbocycles. The van der Waals surface area contributed by atoms with Gasteiger partial charge in [-0.15, -0.1) is 11.3 Å². The Morgan fingerprint density at radius 1 is 1.33 bits per heavy atom. The first kappa shape index (κ1) is 13.9. The first-order valence-corrected chi connectivity index (χ1v) is 7.70. The summed E-state index contributed by atoms with van der Waals surface area (Å²) in [6, 6.07) is 5.32. The number of fused-ring (bicyclic) bond motifs is 1. The third-order valence-corrected chi connectivity index (χ3v) is 3.86. The van der Waals surface area contributed by atoms with Crippen LogP contribution < -0.4 is 9.47 Å². The molecule has 0 aliphatic carbocycles. The SMILES string of the molecule is CN(Cc1cscn1)C(=O)c1ccc2c(c1)OCCCO2. The van der Waals surface area contributed by atoms with Gasteiger partial charge < -0.3 is 14.4 Å². The second kappa shape index (κ2) is 6.13. The van der Waals surface area contributed by atoms with Crippen LogP contribution in [-0.4, -0.2) is 36.1 Å². The molecule has 2 aromatic rings. The van der Waals surface area contributed by atoms with Crippen molar-refractivity contribution in [2.24, 2.45) is 0 Å². The van der Waals surface area contributed by atoms with Gasteiger partial charge in [-0.25, -0.2) is 4.98 Å². The average Bonchev–Trinajstić information content (AvgIpc) is 2.89. The molecule has 0 atom stereocenters. The fraction of sp³-hybridized carbons (Fsp3) is 0.333. The van der Waals surface area contributed by atoms with Gasteiger partial charge in [0.2, 0.25) is 0 Å². The summed E-state index contributed by atoms with van der Waals surface area (Å²) < 4.78 is 11.2. The molecule has 5 nitrogen and oxygen atoms in total. The molecule has 1 aliphatic rings. The molecule has 0 radical (unpaired) electrons. The molecule has 1 aromatic heterocycles. The maximum absolute atomic E-state index is 12.4. The van der Waals surface area contributed by atoms with Crippen molar-refractivity contribution >= 4 is 17.2 Å². The summed E-state index contributed by atoms with van der Waals surface area (Å²) in [5.74, 6) is 1.28. The van der Waals surface area contributed by atoms with Crippen LogP contribution in [0.5, 0.6) is 11.5 Å². The van der Waals surface area contributed by atoms with E-state index in [0.29, 0.717) is 36.8 Å². The van der Waals surface area contributed by atoms with E-state index >= 15 is 0 Å². The van der Waals surface area contributed by atoms with Crippen molar-refractivity contribution in [2.75, 3.05) is 20.3 Å². The molecule has 3 rings (SSSR count). The molecule has 0 saturated heterocycles. The summed E-state index contributed by atoms with van der Waals surface area (Å²) >= 11 is 1.52. The van der Waals surface area contributed by atoms with Crippen molar-refractivity contribution in [2.45, 2.75) is 13.0 Å². The topological polar surface area (TPSA) is 51.7 Å². The van der Waals surface area contributed by atoms with Crippen LogP contribution in [0.1, 0.15) is 22.5 Å². The molecular weight excluding hydrogens is 288 g/mol. The van der Waals surface area contributed by atoms with Crippen LogP contribution in [0.2, 0.25) is 0 Å². The number of carbonyl (C=O) groups excluding carboxylic acids is 1. The van der Waals surface area contributed by atoms with Gasteiger partial charge in [-0.2, -0.15) is 0 Å². The number of rotatable bonds is 3. The molecule has 6 heteroatoms. The minimum absolute atomic E-state index is 0.0568. The molecule has 1 aliphatic heterocycles. The number of amides is 1. The van der Waals surface area contributed by atoms with Crippen LogP contribution in [0.15, 0.2) is 29.1 Å². The van der Waals surface area contributed by atoms with Gasteiger partial charge in [-0.1, -0.05) is 0 Å². The maximum Gasteiger partial charge on any atom is 0.254 e. The van der Waals surface area contributed by atoms with E-state index in [1.54, 1.807) is 35.7 Å². The number of nitrogens with zero attached hydrogens (tertiary/aromatic N) is 2. The summed E-state index contributed by atoms with van der Waals surface area (Å²) in [5.41, 5.74) is 3.25. The van der Waals surface area contributed by atoms with Crippen molar-refractivity contribution in [3.8, 4) is 11.5 Å². The van der Waals surface area contributed by atoms with E-state index in [0.717, 1.165) is 12.1 Å². The predicted molar refractivity (Wildman–Crippen MR) is 80.0 cm³/mol. The van der Waals surface area contributed by atoms with Crippen molar-refractivity contribution in [3.63, 3.8) is 0 Å². The minimum Gasteiger partial charge on any atom is -0.490 e. The Morgan fingerprint density at radius 3 is 2.90 bits per heavy atom. The van der Waals surface area contributed by atoms with E-state index in [4.69, 9.17) is 9.47 Å². The molecule has 2 heterocycles. The van der Waals surface area contributed by atoms with Gasteiger partial charge in [0.05, 0.1) is 31.0 Å². The lowest BCUT2D eigenvalue weighted by atomic mass is 10.1. The molecule has 0 spiro atoms. The standard InChI is InChI=1S/C15H16N2O3S/c1-17(8-12-9-21-10-16-12)15(18)11-3-4-13-14(7-11)20-6-2-5-19-13/h3-4,7,9-10H,2,5-6,8H2,1H3. The van der Waals surface area contributed by atoms with E-state index in [1.165, 1.54) is 11.3 Å². The number of ether oxygens (including phenoxy) is 2. The Morgan fingerprint density at radius 2 is 2.14 bits per heavy atom. The van der Waals surface area contributed by atoms with Gasteiger partial charge in [0, 0.05) is 24.4 Å². The maximum atomic E-state index is 12.4. The Kier molecular flexibility index (Phi) is 4.06. The predicted octanol–water partition coefficient (Wildman–Crippen LogP) is 2.58. The summed E-state index contributed by atoms with van der Waals surface area (Å²) in [6.07, 6.45) is 0.849. The lowest BCUT2D eigenvalue weighted by Crippen LogP contribution is -2.26. The number of benzene rings is 1. The van der Waals surface area contributed by atoms with Gasteiger partial charge in [0.25, 0.3) is 5.91 Å². The normalized spacial score (nSPS) is 13.6. The van der Waals surface area contributed by atoms with E-state index in [-0.39, 0.29) is 5.91 Å². The van der Waals surface area contributed by atoms with Crippen LogP contribution in [0, 0.1) is 0 Å². The van der Waals surface area contributed by atoms with E-state index in [2.05, 4.69) is 4.98 Å². The van der Waals surface area contributed by atoms with Gasteiger partial charge in [-0.05, 0) is 18.2 Å². The summed E-state index contributed by atoms with van der Waals surface area (Å²) in [6.45, 7) is 1.75. The summed E-state index contributed by atoms with van der Waals surface area (Å²) in [4.78, 5) is 18.3. The Balaban J connectivity index is 1.76. The zero-order valence-corrected chi connectivity index (χ0v) is 12.6. The van der Waals surface area contributed by atoms with Crippen LogP contribution >= 0.6 is 11.3 Å². The van der Waals surface area contributed by atoms with Crippen molar-refractivity contribution in [1.29, 1.82) is 0 Å². The molecule has 0 unspecified atom stereocenters. The molecule has 1 amide bonds. The number of carbonyl (C=O) groups is 1. The largest absolute Gasteiger partial charge is 0.490 e. The Hall–Kier alpha value is -2.08. The van der Waals surface area contributed by atoms with Gasteiger partial charge >= 0.3 is 0 Å². The molecule has 0 N–H and O–H groups in total. The first-order chi connectivity index (χ1) is 10.2. The summed E-state index contributed by atoms with van der Waals surface area (Å²) in [5, 5.41) is 1.94. The Bertz CT molecular complexity index is 628. The Labute approximate surface area is 127 Å². The number of hydrogen-bond acceptors (Lipinski definition) is 5. The lowest BCUT2D eigenvalue weighted by molar-refractivity contribution is 0.0783. The number of aromatic nitrogens is 1. The highest BCUT2D eigenvalue weighted by Crippen LogP contribution is 2.30. The van der Waals surface area contributed by atoms with Gasteiger partial charge in [0.1, 0.15) is 0 Å². The van der Waals surface area contributed by atoms with Crippen LogP contribution in [0.3, 0.4) is 0 Å². The zero-order valence-electron chi connectivity index (χ0n) is 11.7. The highest BCUT2D eigenvalue weighted by Gasteiger charge is 2.17. The second-order valence-corrected chi connectivity index (χ2v) is 5.57. The average molecular weight is 304 g/mol. The first-order valence-electron chi connectivity index (χ1n) is 6.76. The van der Waals surface area contributed by atoms with Gasteiger partial charge in [0.15, 0.2) is 11.5 Å². The third-order valence-electron chi connectivity index (χ3n) is 3.22. The lowest BCUT2D eigenvalue weighted by Gasteiger charge is -2.17. The highest BCUT2D eigenvalue weighted by atomic mass is 32.1. The number of thiazole rings is 1. The van der Waals surface area contributed by atoms with Gasteiger partial charge in [-0.3, -0.25) is 4.79 Å². The monoisotopic (exact) mass is 304 g/mol. The smallest absolute Gasteiger partial charge is 0.254 e. The zero-order chi connectivity index (χ0) is 14.7. The minimum atomic E-state index is -0.0568. The molecule has 0 bridgehead atoms. The van der Waals surface area contributed by atoms with Crippen molar-refractivity contribution in [1.82, 2.24) is 9.88 Å². The second-order valence-electron chi connectivity index (χ2n) is 4.85. The highest BCUT2D eigenvalue weighted by molar-refractivity contribution is 7.07. The molecular formula is C15H16N2O3S. The molecule has 21 heavy (non-hydrogen) atoms. The third kappa shape index (κ3) is 3.16. The van der Waals surface area contributed by atoms with E-state index in [1.807, 2.05) is 5.38 Å². The van der Waals surface area contributed by atoms with Crippen LogP contribution in [0.25, 0.3) is 0 Å². The molecule has 0 saturated carbocycles.